The highest BCUT2D eigenvalue weighted by Crippen LogP contribution is 2.42. The number of hydrazine groups is 1. The zero-order valence-corrected chi connectivity index (χ0v) is 12.5. The van der Waals surface area contributed by atoms with Gasteiger partial charge in [-0.15, -0.1) is 0 Å². The normalized spacial score (nSPS) is 30.5. The van der Waals surface area contributed by atoms with Gasteiger partial charge >= 0.3 is 0 Å². The Balaban J connectivity index is 1.82. The van der Waals surface area contributed by atoms with Crippen molar-refractivity contribution in [2.24, 2.45) is 11.8 Å². The smallest absolute Gasteiger partial charge is 0.123 e. The van der Waals surface area contributed by atoms with Gasteiger partial charge in [-0.3, -0.25) is 11.3 Å². The first-order chi connectivity index (χ1) is 10.3. The average Bonchev–Trinajstić information content (AvgIpc) is 2.96. The van der Waals surface area contributed by atoms with E-state index in [0.29, 0.717) is 12.5 Å². The zero-order valence-electron chi connectivity index (χ0n) is 12.5. The Morgan fingerprint density at radius 1 is 1.38 bits per heavy atom. The van der Waals surface area contributed by atoms with Crippen LogP contribution in [0.25, 0.3) is 0 Å². The van der Waals surface area contributed by atoms with E-state index in [1.165, 1.54) is 0 Å². The lowest BCUT2D eigenvalue weighted by atomic mass is 9.79. The Labute approximate surface area is 125 Å². The van der Waals surface area contributed by atoms with Crippen LogP contribution in [0.3, 0.4) is 0 Å². The first kappa shape index (κ1) is 14.8. The quantitative estimate of drug-likeness (QED) is 0.654. The molecular weight excluding hydrogens is 268 g/mol. The number of para-hydroxylation sites is 1. The van der Waals surface area contributed by atoms with Crippen molar-refractivity contribution in [1.29, 1.82) is 0 Å². The lowest BCUT2D eigenvalue weighted by Gasteiger charge is -2.40. The highest BCUT2D eigenvalue weighted by Gasteiger charge is 2.43. The van der Waals surface area contributed by atoms with Crippen molar-refractivity contribution in [2.45, 2.75) is 30.9 Å². The predicted molar refractivity (Wildman–Crippen MR) is 79.9 cm³/mol. The summed E-state index contributed by atoms with van der Waals surface area (Å²) in [7, 11) is 1.70. The summed E-state index contributed by atoms with van der Waals surface area (Å²) in [5.41, 5.74) is 4.00. The molecule has 5 heteroatoms. The van der Waals surface area contributed by atoms with Crippen molar-refractivity contribution in [2.75, 3.05) is 26.9 Å². The first-order valence-electron chi connectivity index (χ1n) is 7.59. The lowest BCUT2D eigenvalue weighted by molar-refractivity contribution is -0.103. The molecule has 0 aliphatic carbocycles. The highest BCUT2D eigenvalue weighted by atomic mass is 16.6. The molecule has 0 saturated carbocycles. The summed E-state index contributed by atoms with van der Waals surface area (Å²) in [6.07, 6.45) is 2.95. The molecule has 2 heterocycles. The van der Waals surface area contributed by atoms with E-state index in [9.17, 15) is 0 Å². The van der Waals surface area contributed by atoms with E-state index < -0.39 is 0 Å². The Morgan fingerprint density at radius 2 is 2.24 bits per heavy atom. The van der Waals surface area contributed by atoms with Crippen molar-refractivity contribution in [3.8, 4) is 5.75 Å². The van der Waals surface area contributed by atoms with Gasteiger partial charge in [-0.05, 0) is 24.8 Å². The second kappa shape index (κ2) is 6.32. The van der Waals surface area contributed by atoms with Gasteiger partial charge in [0.15, 0.2) is 0 Å². The summed E-state index contributed by atoms with van der Waals surface area (Å²) in [6, 6.07) is 8.13. The van der Waals surface area contributed by atoms with Gasteiger partial charge in [0.05, 0.1) is 25.4 Å². The van der Waals surface area contributed by atoms with Gasteiger partial charge in [-0.25, -0.2) is 0 Å². The van der Waals surface area contributed by atoms with Crippen LogP contribution in [0.1, 0.15) is 30.9 Å². The molecule has 0 bridgehead atoms. The third kappa shape index (κ3) is 2.92. The maximum atomic E-state index is 6.02. The molecule has 116 valence electrons. The predicted octanol–water partition coefficient (Wildman–Crippen LogP) is 1.79. The number of nitrogens with two attached hydrogens (primary N) is 1. The van der Waals surface area contributed by atoms with Crippen molar-refractivity contribution in [3.63, 3.8) is 0 Å². The van der Waals surface area contributed by atoms with Gasteiger partial charge < -0.3 is 14.2 Å². The van der Waals surface area contributed by atoms with Crippen molar-refractivity contribution in [3.05, 3.63) is 29.8 Å². The maximum Gasteiger partial charge on any atom is 0.123 e. The number of ether oxygens (including phenoxy) is 3. The van der Waals surface area contributed by atoms with E-state index in [0.717, 1.165) is 43.8 Å². The second-order valence-corrected chi connectivity index (χ2v) is 5.97. The molecule has 3 atom stereocenters. The monoisotopic (exact) mass is 292 g/mol. The van der Waals surface area contributed by atoms with Crippen LogP contribution in [0.5, 0.6) is 5.75 Å². The van der Waals surface area contributed by atoms with Crippen LogP contribution in [0.15, 0.2) is 24.3 Å². The van der Waals surface area contributed by atoms with Crippen molar-refractivity contribution >= 4 is 0 Å². The minimum atomic E-state index is -0.111. The number of rotatable bonds is 4. The van der Waals surface area contributed by atoms with E-state index in [1.807, 2.05) is 18.2 Å². The molecule has 0 radical (unpaired) electrons. The molecule has 3 unspecified atom stereocenters. The van der Waals surface area contributed by atoms with Gasteiger partial charge in [0.2, 0.25) is 0 Å². The van der Waals surface area contributed by atoms with Crippen LogP contribution >= 0.6 is 0 Å². The summed E-state index contributed by atoms with van der Waals surface area (Å²) in [5, 5.41) is 0. The van der Waals surface area contributed by atoms with E-state index in [2.05, 4.69) is 11.5 Å². The molecule has 2 aliphatic heterocycles. The number of benzene rings is 1. The van der Waals surface area contributed by atoms with Crippen LogP contribution in [0.4, 0.5) is 0 Å². The number of methoxy groups -OCH3 is 1. The Bertz CT molecular complexity index is 474. The SMILES string of the molecule is COc1ccccc1C(NN)C1CCOC2(CCOC2)C1. The lowest BCUT2D eigenvalue weighted by Crippen LogP contribution is -2.45. The van der Waals surface area contributed by atoms with Gasteiger partial charge in [0, 0.05) is 25.2 Å². The zero-order chi connectivity index (χ0) is 14.7. The molecule has 1 spiro atoms. The standard InChI is InChI=1S/C16H24N2O3/c1-19-14-5-3-2-4-13(14)15(18-17)12-6-8-21-16(10-12)7-9-20-11-16/h2-5,12,15,18H,6-11,17H2,1H3. The summed E-state index contributed by atoms with van der Waals surface area (Å²) >= 11 is 0. The topological polar surface area (TPSA) is 65.7 Å². The fourth-order valence-electron chi connectivity index (χ4n) is 3.62. The Morgan fingerprint density at radius 3 is 2.95 bits per heavy atom. The van der Waals surface area contributed by atoms with Crippen LogP contribution in [-0.2, 0) is 9.47 Å². The summed E-state index contributed by atoms with van der Waals surface area (Å²) < 4.78 is 17.1. The van der Waals surface area contributed by atoms with Crippen LogP contribution in [0, 0.1) is 5.92 Å². The molecular formula is C16H24N2O3. The van der Waals surface area contributed by atoms with E-state index in [-0.39, 0.29) is 11.6 Å². The molecule has 0 amide bonds. The number of nitrogens with one attached hydrogen (secondary N) is 1. The summed E-state index contributed by atoms with van der Waals surface area (Å²) in [4.78, 5) is 0. The van der Waals surface area contributed by atoms with Gasteiger partial charge in [0.1, 0.15) is 5.75 Å². The van der Waals surface area contributed by atoms with Gasteiger partial charge in [-0.1, -0.05) is 18.2 Å². The van der Waals surface area contributed by atoms with Crippen molar-refractivity contribution < 1.29 is 14.2 Å². The Kier molecular flexibility index (Phi) is 4.45. The molecule has 21 heavy (non-hydrogen) atoms. The number of hydrogen-bond donors (Lipinski definition) is 2. The van der Waals surface area contributed by atoms with Gasteiger partial charge in [-0.2, -0.15) is 0 Å². The summed E-state index contributed by atoms with van der Waals surface area (Å²) in [6.45, 7) is 2.26. The molecule has 0 aromatic heterocycles. The molecule has 2 saturated heterocycles. The van der Waals surface area contributed by atoms with E-state index in [4.69, 9.17) is 20.1 Å². The molecule has 3 N–H and O–H groups in total. The third-order valence-corrected chi connectivity index (χ3v) is 4.72. The molecule has 5 nitrogen and oxygen atoms in total. The molecule has 1 aromatic rings. The fourth-order valence-corrected chi connectivity index (χ4v) is 3.62. The molecule has 2 aliphatic rings. The molecule has 1 aromatic carbocycles. The average molecular weight is 292 g/mol. The molecule has 3 rings (SSSR count). The highest BCUT2D eigenvalue weighted by molar-refractivity contribution is 5.36. The number of hydrogen-bond acceptors (Lipinski definition) is 5. The molecule has 2 fully saturated rings. The largest absolute Gasteiger partial charge is 0.496 e. The second-order valence-electron chi connectivity index (χ2n) is 5.97. The Hall–Kier alpha value is -1.14. The van der Waals surface area contributed by atoms with Crippen molar-refractivity contribution in [1.82, 2.24) is 5.43 Å². The minimum absolute atomic E-state index is 0.0718. The third-order valence-electron chi connectivity index (χ3n) is 4.72. The van der Waals surface area contributed by atoms with Crippen LogP contribution in [-0.4, -0.2) is 32.5 Å². The maximum absolute atomic E-state index is 6.02. The van der Waals surface area contributed by atoms with E-state index in [1.54, 1.807) is 7.11 Å². The summed E-state index contributed by atoms with van der Waals surface area (Å²) in [5.74, 6) is 7.17. The minimum Gasteiger partial charge on any atom is -0.496 e. The van der Waals surface area contributed by atoms with Crippen LogP contribution < -0.4 is 16.0 Å². The van der Waals surface area contributed by atoms with Crippen LogP contribution in [0.2, 0.25) is 0 Å². The first-order valence-corrected chi connectivity index (χ1v) is 7.59. The fraction of sp³-hybridized carbons (Fsp3) is 0.625. The van der Waals surface area contributed by atoms with Gasteiger partial charge in [0.25, 0.3) is 0 Å². The van der Waals surface area contributed by atoms with E-state index >= 15 is 0 Å².